The van der Waals surface area contributed by atoms with Crippen molar-refractivity contribution in [1.82, 2.24) is 5.32 Å². The van der Waals surface area contributed by atoms with Gasteiger partial charge in [-0.2, -0.15) is 0 Å². The second-order valence-electron chi connectivity index (χ2n) is 5.73. The maximum absolute atomic E-state index is 12.5. The van der Waals surface area contributed by atoms with Crippen LogP contribution in [0.25, 0.3) is 0 Å². The molecule has 1 aliphatic rings. The van der Waals surface area contributed by atoms with Gasteiger partial charge in [-0.15, -0.1) is 0 Å². The van der Waals surface area contributed by atoms with Crippen molar-refractivity contribution in [2.24, 2.45) is 5.41 Å². The van der Waals surface area contributed by atoms with E-state index in [1.807, 2.05) is 25.1 Å². The number of rotatable bonds is 4. The summed E-state index contributed by atoms with van der Waals surface area (Å²) in [5.41, 5.74) is 2.17. The molecular weight excluding hydrogens is 266 g/mol. The number of aryl methyl sites for hydroxylation is 1. The molecule has 2 rings (SSSR count). The lowest BCUT2D eigenvalue weighted by Gasteiger charge is -2.25. The zero-order chi connectivity index (χ0) is 15.5. The lowest BCUT2D eigenvalue weighted by molar-refractivity contribution is -0.124. The van der Waals surface area contributed by atoms with Crippen molar-refractivity contribution in [2.45, 2.75) is 33.6 Å². The highest BCUT2D eigenvalue weighted by molar-refractivity contribution is 5.96. The van der Waals surface area contributed by atoms with E-state index in [1.165, 1.54) is 6.92 Å². The fourth-order valence-electron chi connectivity index (χ4n) is 2.73. The Hall–Kier alpha value is -1.88. The normalized spacial score (nSPS) is 21.1. The molecule has 1 atom stereocenters. The Morgan fingerprint density at radius 1 is 1.33 bits per heavy atom. The van der Waals surface area contributed by atoms with Gasteiger partial charge < -0.3 is 16.0 Å². The van der Waals surface area contributed by atoms with Gasteiger partial charge in [0.2, 0.25) is 11.8 Å². The zero-order valence-electron chi connectivity index (χ0n) is 12.9. The molecule has 3 N–H and O–H groups in total. The van der Waals surface area contributed by atoms with Crippen LogP contribution in [0.4, 0.5) is 11.4 Å². The molecule has 0 saturated carbocycles. The van der Waals surface area contributed by atoms with Crippen LogP contribution >= 0.6 is 0 Å². The number of benzene rings is 1. The van der Waals surface area contributed by atoms with Crippen molar-refractivity contribution in [2.75, 3.05) is 23.7 Å². The molecule has 5 heteroatoms. The van der Waals surface area contributed by atoms with Gasteiger partial charge in [0.1, 0.15) is 0 Å². The number of amides is 2. The Morgan fingerprint density at radius 3 is 2.62 bits per heavy atom. The van der Waals surface area contributed by atoms with Crippen molar-refractivity contribution in [3.8, 4) is 0 Å². The first kappa shape index (κ1) is 15.5. The zero-order valence-corrected chi connectivity index (χ0v) is 12.9. The number of hydrogen-bond acceptors (Lipinski definition) is 3. The minimum atomic E-state index is -0.301. The molecule has 2 amide bonds. The third-order valence-electron chi connectivity index (χ3n) is 4.20. The first-order chi connectivity index (χ1) is 9.97. The molecule has 114 valence electrons. The van der Waals surface area contributed by atoms with Crippen LogP contribution in [0.2, 0.25) is 0 Å². The summed E-state index contributed by atoms with van der Waals surface area (Å²) in [5.74, 6) is -0.0291. The van der Waals surface area contributed by atoms with Crippen LogP contribution in [0.1, 0.15) is 32.3 Å². The molecular formula is C16H23N3O2. The van der Waals surface area contributed by atoms with Gasteiger partial charge in [-0.05, 0) is 50.1 Å². The first-order valence-corrected chi connectivity index (χ1v) is 7.37. The fourth-order valence-corrected chi connectivity index (χ4v) is 2.73. The van der Waals surface area contributed by atoms with E-state index in [1.54, 1.807) is 0 Å². The summed E-state index contributed by atoms with van der Waals surface area (Å²) in [7, 11) is 0. The molecule has 1 aromatic rings. The predicted molar refractivity (Wildman–Crippen MR) is 84.3 cm³/mol. The lowest BCUT2D eigenvalue weighted by Crippen LogP contribution is -2.37. The number of anilines is 2. The van der Waals surface area contributed by atoms with Crippen molar-refractivity contribution in [1.29, 1.82) is 0 Å². The molecule has 1 heterocycles. The molecule has 1 aromatic carbocycles. The standard InChI is InChI=1S/C16H23N3O2/c1-4-16(7-8-17-10-16)15(21)19-13-5-6-14(11(2)9-13)18-12(3)20/h5-6,9,17H,4,7-8,10H2,1-3H3,(H,18,20)(H,19,21). The monoisotopic (exact) mass is 289 g/mol. The Bertz CT molecular complexity index is 548. The molecule has 1 saturated heterocycles. The van der Waals surface area contributed by atoms with E-state index in [4.69, 9.17) is 0 Å². The summed E-state index contributed by atoms with van der Waals surface area (Å²) in [6, 6.07) is 5.52. The highest BCUT2D eigenvalue weighted by atomic mass is 16.2. The van der Waals surface area contributed by atoms with E-state index in [2.05, 4.69) is 22.9 Å². The Morgan fingerprint density at radius 2 is 2.10 bits per heavy atom. The predicted octanol–water partition coefficient (Wildman–Crippen LogP) is 2.28. The van der Waals surface area contributed by atoms with Crippen molar-refractivity contribution in [3.05, 3.63) is 23.8 Å². The molecule has 0 spiro atoms. The summed E-state index contributed by atoms with van der Waals surface area (Å²) in [5, 5.41) is 9.04. The molecule has 0 radical (unpaired) electrons. The van der Waals surface area contributed by atoms with E-state index < -0.39 is 0 Å². The maximum atomic E-state index is 12.5. The topological polar surface area (TPSA) is 70.2 Å². The molecule has 0 bridgehead atoms. The Balaban J connectivity index is 2.11. The van der Waals surface area contributed by atoms with Gasteiger partial charge in [-0.1, -0.05) is 6.92 Å². The van der Waals surface area contributed by atoms with E-state index in [0.717, 1.165) is 42.9 Å². The SMILES string of the molecule is CCC1(C(=O)Nc2ccc(NC(C)=O)c(C)c2)CCNC1. The van der Waals surface area contributed by atoms with E-state index in [9.17, 15) is 9.59 Å². The van der Waals surface area contributed by atoms with Gasteiger partial charge >= 0.3 is 0 Å². The second-order valence-corrected chi connectivity index (χ2v) is 5.73. The molecule has 5 nitrogen and oxygen atoms in total. The minimum absolute atomic E-state index is 0.0710. The van der Waals surface area contributed by atoms with E-state index in [-0.39, 0.29) is 17.2 Å². The van der Waals surface area contributed by atoms with Crippen LogP contribution in [0.3, 0.4) is 0 Å². The van der Waals surface area contributed by atoms with Crippen LogP contribution in [-0.4, -0.2) is 24.9 Å². The third-order valence-corrected chi connectivity index (χ3v) is 4.20. The smallest absolute Gasteiger partial charge is 0.231 e. The van der Waals surface area contributed by atoms with E-state index >= 15 is 0 Å². The largest absolute Gasteiger partial charge is 0.326 e. The fraction of sp³-hybridized carbons (Fsp3) is 0.500. The summed E-state index contributed by atoms with van der Waals surface area (Å²) in [6.45, 7) is 7.07. The molecule has 21 heavy (non-hydrogen) atoms. The number of nitrogens with one attached hydrogen (secondary N) is 3. The van der Waals surface area contributed by atoms with Crippen LogP contribution in [-0.2, 0) is 9.59 Å². The summed E-state index contributed by atoms with van der Waals surface area (Å²) < 4.78 is 0. The Kier molecular flexibility index (Phi) is 4.63. The molecule has 0 aliphatic carbocycles. The second kappa shape index (κ2) is 6.26. The van der Waals surface area contributed by atoms with Gasteiger partial charge in [0.05, 0.1) is 5.41 Å². The lowest BCUT2D eigenvalue weighted by atomic mass is 9.83. The number of hydrogen-bond donors (Lipinski definition) is 3. The van der Waals surface area contributed by atoms with Crippen molar-refractivity contribution in [3.63, 3.8) is 0 Å². The number of carbonyl (C=O) groups excluding carboxylic acids is 2. The number of carbonyl (C=O) groups is 2. The van der Waals surface area contributed by atoms with Gasteiger partial charge in [0.15, 0.2) is 0 Å². The van der Waals surface area contributed by atoms with Crippen LogP contribution < -0.4 is 16.0 Å². The summed E-state index contributed by atoms with van der Waals surface area (Å²) >= 11 is 0. The molecule has 0 aromatic heterocycles. The highest BCUT2D eigenvalue weighted by Gasteiger charge is 2.39. The third kappa shape index (κ3) is 3.42. The minimum Gasteiger partial charge on any atom is -0.326 e. The van der Waals surface area contributed by atoms with Gasteiger partial charge in [-0.3, -0.25) is 9.59 Å². The molecule has 1 aliphatic heterocycles. The summed E-state index contributed by atoms with van der Waals surface area (Å²) in [4.78, 5) is 23.6. The van der Waals surface area contributed by atoms with Gasteiger partial charge in [-0.25, -0.2) is 0 Å². The Labute approximate surface area is 125 Å². The maximum Gasteiger partial charge on any atom is 0.231 e. The quantitative estimate of drug-likeness (QED) is 0.796. The average Bonchev–Trinajstić information content (AvgIpc) is 2.91. The van der Waals surface area contributed by atoms with Gasteiger partial charge in [0.25, 0.3) is 0 Å². The van der Waals surface area contributed by atoms with Crippen molar-refractivity contribution < 1.29 is 9.59 Å². The van der Waals surface area contributed by atoms with Crippen LogP contribution in [0, 0.1) is 12.3 Å². The first-order valence-electron chi connectivity index (χ1n) is 7.37. The average molecular weight is 289 g/mol. The summed E-state index contributed by atoms with van der Waals surface area (Å²) in [6.07, 6.45) is 1.70. The van der Waals surface area contributed by atoms with Gasteiger partial charge in [0, 0.05) is 24.8 Å². The van der Waals surface area contributed by atoms with Crippen LogP contribution in [0.5, 0.6) is 0 Å². The van der Waals surface area contributed by atoms with Crippen molar-refractivity contribution >= 4 is 23.2 Å². The molecule has 1 fully saturated rings. The van der Waals surface area contributed by atoms with E-state index in [0.29, 0.717) is 0 Å². The van der Waals surface area contributed by atoms with Crippen LogP contribution in [0.15, 0.2) is 18.2 Å². The highest BCUT2D eigenvalue weighted by Crippen LogP contribution is 2.31. The molecule has 1 unspecified atom stereocenters.